The number of likely N-dealkylation sites (N-methyl/N-ethyl adjacent to an activating group) is 1. The second-order valence-electron chi connectivity index (χ2n) is 16.1. The molecule has 2 saturated heterocycles. The van der Waals surface area contributed by atoms with Crippen LogP contribution in [-0.4, -0.2) is 99.0 Å². The molecule has 0 aliphatic carbocycles. The van der Waals surface area contributed by atoms with Crippen LogP contribution in [0.2, 0.25) is 0 Å². The maximum absolute atomic E-state index is 13.0. The highest BCUT2D eigenvalue weighted by atomic mass is 16.6. The Bertz CT molecular complexity index is 1140. The summed E-state index contributed by atoms with van der Waals surface area (Å²) < 4.78 is 23.3. The van der Waals surface area contributed by atoms with Gasteiger partial charge in [-0.25, -0.2) is 0 Å². The van der Waals surface area contributed by atoms with Crippen LogP contribution in [0, 0.1) is 0 Å². The predicted molar refractivity (Wildman–Crippen MR) is 233 cm³/mol. The minimum atomic E-state index is -0.805. The summed E-state index contributed by atoms with van der Waals surface area (Å²) in [5.74, 6) is -0.975. The van der Waals surface area contributed by atoms with Crippen molar-refractivity contribution in [3.05, 3.63) is 48.6 Å². The van der Waals surface area contributed by atoms with Crippen LogP contribution in [0.5, 0.6) is 0 Å². The Morgan fingerprint density at radius 3 is 1.53 bits per heavy atom. The predicted octanol–water partition coefficient (Wildman–Crippen LogP) is 10.6. The lowest BCUT2D eigenvalue weighted by Gasteiger charge is -2.31. The minimum absolute atomic E-state index is 0.0484. The fourth-order valence-corrected chi connectivity index (χ4v) is 7.05. The second-order valence-corrected chi connectivity index (χ2v) is 16.1. The molecular formula is C48H82N2O7. The Morgan fingerprint density at radius 2 is 1.02 bits per heavy atom. The van der Waals surface area contributed by atoms with Crippen molar-refractivity contribution >= 4 is 17.9 Å². The van der Waals surface area contributed by atoms with Crippen molar-refractivity contribution in [3.8, 4) is 0 Å². The SMILES string of the molecule is CCCCC/C=C\C/C=C\CCCCCCCC(=O)OC1CO[C@H](COC(=O)CN2CCN(C)CC2)C1OC(=O)CCCCCCC/C=C\C/C=C\CCCCC. The van der Waals surface area contributed by atoms with Crippen LogP contribution >= 0.6 is 0 Å². The molecule has 2 rings (SSSR count). The van der Waals surface area contributed by atoms with Crippen LogP contribution in [0.3, 0.4) is 0 Å². The maximum Gasteiger partial charge on any atom is 0.320 e. The molecule has 2 fully saturated rings. The number of rotatable bonds is 34. The molecule has 0 aromatic carbocycles. The van der Waals surface area contributed by atoms with Crippen molar-refractivity contribution in [2.75, 3.05) is 53.0 Å². The summed E-state index contributed by atoms with van der Waals surface area (Å²) in [4.78, 5) is 42.9. The van der Waals surface area contributed by atoms with Crippen LogP contribution in [-0.2, 0) is 33.3 Å². The smallest absolute Gasteiger partial charge is 0.320 e. The third-order valence-electron chi connectivity index (χ3n) is 10.8. The third-order valence-corrected chi connectivity index (χ3v) is 10.8. The quantitative estimate of drug-likeness (QED) is 0.0273. The molecule has 0 bridgehead atoms. The zero-order valence-electron chi connectivity index (χ0n) is 36.5. The van der Waals surface area contributed by atoms with E-state index in [2.05, 4.69) is 79.3 Å². The van der Waals surface area contributed by atoms with Gasteiger partial charge in [-0.05, 0) is 84.1 Å². The molecule has 57 heavy (non-hydrogen) atoms. The number of hydrogen-bond acceptors (Lipinski definition) is 9. The Balaban J connectivity index is 1.69. The van der Waals surface area contributed by atoms with Crippen LogP contribution in [0.1, 0.15) is 168 Å². The first-order chi connectivity index (χ1) is 27.9. The molecule has 0 amide bonds. The number of carbonyl (C=O) groups excluding carboxylic acids is 3. The first kappa shape index (κ1) is 50.4. The lowest BCUT2D eigenvalue weighted by molar-refractivity contribution is -0.168. The number of ether oxygens (including phenoxy) is 4. The number of nitrogens with zero attached hydrogens (tertiary/aromatic N) is 2. The lowest BCUT2D eigenvalue weighted by Crippen LogP contribution is -2.47. The van der Waals surface area contributed by atoms with Gasteiger partial charge in [0.05, 0.1) is 13.2 Å². The summed E-state index contributed by atoms with van der Waals surface area (Å²) in [7, 11) is 2.07. The molecule has 2 heterocycles. The number of carbonyl (C=O) groups is 3. The Morgan fingerprint density at radius 1 is 0.561 bits per heavy atom. The molecule has 0 spiro atoms. The van der Waals surface area contributed by atoms with Gasteiger partial charge in [0.15, 0.2) is 12.2 Å². The van der Waals surface area contributed by atoms with E-state index in [4.69, 9.17) is 18.9 Å². The lowest BCUT2D eigenvalue weighted by atomic mass is 10.1. The van der Waals surface area contributed by atoms with Crippen molar-refractivity contribution < 1.29 is 33.3 Å². The molecule has 0 aromatic rings. The van der Waals surface area contributed by atoms with Crippen LogP contribution in [0.15, 0.2) is 48.6 Å². The first-order valence-corrected chi connectivity index (χ1v) is 23.1. The van der Waals surface area contributed by atoms with Crippen molar-refractivity contribution in [2.24, 2.45) is 0 Å². The van der Waals surface area contributed by atoms with E-state index >= 15 is 0 Å². The van der Waals surface area contributed by atoms with Crippen molar-refractivity contribution in [1.29, 1.82) is 0 Å². The number of unbranched alkanes of at least 4 members (excludes halogenated alkanes) is 16. The van der Waals surface area contributed by atoms with E-state index in [0.29, 0.717) is 12.8 Å². The van der Waals surface area contributed by atoms with Crippen LogP contribution < -0.4 is 0 Å². The molecule has 0 radical (unpaired) electrons. The molecule has 2 unspecified atom stereocenters. The summed E-state index contributed by atoms with van der Waals surface area (Å²) in [6, 6.07) is 0. The highest BCUT2D eigenvalue weighted by Gasteiger charge is 2.43. The van der Waals surface area contributed by atoms with E-state index in [1.165, 1.54) is 51.4 Å². The van der Waals surface area contributed by atoms with Gasteiger partial charge >= 0.3 is 17.9 Å². The van der Waals surface area contributed by atoms with Crippen LogP contribution in [0.25, 0.3) is 0 Å². The summed E-state index contributed by atoms with van der Waals surface area (Å²) in [5.41, 5.74) is 0. The Labute approximate surface area is 348 Å². The molecule has 3 atom stereocenters. The van der Waals surface area contributed by atoms with Gasteiger partial charge in [0, 0.05) is 39.0 Å². The van der Waals surface area contributed by atoms with Gasteiger partial charge in [0.25, 0.3) is 0 Å². The standard InChI is InChI=1S/C48H82N2O7/c1-4-6-8-10-12-14-16-18-20-22-24-26-28-30-32-34-45(51)56-44-42-54-43(41-55-47(53)40-50-38-36-49(3)37-39-50)48(44)57-46(52)35-33-31-29-27-25-23-21-19-17-15-13-11-9-7-5-2/h12-15,18-21,43-44,48H,4-11,16-17,22-42H2,1-3H3/b14-12-,15-13-,20-18-,21-19-/t43-,44?,48?/m1/s1. The average molecular weight is 799 g/mol. The number of piperazine rings is 1. The first-order valence-electron chi connectivity index (χ1n) is 23.1. The topological polar surface area (TPSA) is 94.6 Å². The summed E-state index contributed by atoms with van der Waals surface area (Å²) in [5, 5.41) is 0. The van der Waals surface area contributed by atoms with E-state index < -0.39 is 18.3 Å². The van der Waals surface area contributed by atoms with Gasteiger partial charge in [-0.15, -0.1) is 0 Å². The summed E-state index contributed by atoms with van der Waals surface area (Å²) in [6.07, 6.45) is 41.1. The Kier molecular flexibility index (Phi) is 31.1. The molecule has 0 aromatic heterocycles. The van der Waals surface area contributed by atoms with Gasteiger partial charge in [-0.2, -0.15) is 0 Å². The fraction of sp³-hybridized carbons (Fsp3) is 0.771. The van der Waals surface area contributed by atoms with E-state index in [1.807, 2.05) is 0 Å². The number of esters is 3. The normalized spacial score (nSPS) is 19.5. The van der Waals surface area contributed by atoms with Crippen molar-refractivity contribution in [2.45, 2.75) is 186 Å². The van der Waals surface area contributed by atoms with E-state index in [1.54, 1.807) is 0 Å². The second kappa shape index (κ2) is 35.2. The Hall–Kier alpha value is -2.75. The third kappa shape index (κ3) is 27.6. The van der Waals surface area contributed by atoms with Crippen molar-refractivity contribution in [3.63, 3.8) is 0 Å². The van der Waals surface area contributed by atoms with Crippen LogP contribution in [0.4, 0.5) is 0 Å². The maximum atomic E-state index is 13.0. The molecule has 0 saturated carbocycles. The van der Waals surface area contributed by atoms with Gasteiger partial charge in [-0.3, -0.25) is 19.3 Å². The minimum Gasteiger partial charge on any atom is -0.462 e. The number of allylic oxidation sites excluding steroid dienone is 8. The molecule has 2 aliphatic rings. The van der Waals surface area contributed by atoms with Gasteiger partial charge < -0.3 is 23.8 Å². The summed E-state index contributed by atoms with van der Waals surface area (Å²) >= 11 is 0. The van der Waals surface area contributed by atoms with E-state index in [0.717, 1.165) is 116 Å². The summed E-state index contributed by atoms with van der Waals surface area (Å²) in [6.45, 7) is 8.19. The largest absolute Gasteiger partial charge is 0.462 e. The van der Waals surface area contributed by atoms with Gasteiger partial charge in [-0.1, -0.05) is 127 Å². The molecule has 326 valence electrons. The highest BCUT2D eigenvalue weighted by Crippen LogP contribution is 2.24. The van der Waals surface area contributed by atoms with Gasteiger partial charge in [0.1, 0.15) is 12.7 Å². The monoisotopic (exact) mass is 799 g/mol. The fourth-order valence-electron chi connectivity index (χ4n) is 7.05. The zero-order valence-corrected chi connectivity index (χ0v) is 36.5. The van der Waals surface area contributed by atoms with E-state index in [-0.39, 0.29) is 37.7 Å². The zero-order chi connectivity index (χ0) is 41.0. The number of hydrogen-bond donors (Lipinski definition) is 0. The highest BCUT2D eigenvalue weighted by molar-refractivity contribution is 5.72. The average Bonchev–Trinajstić information content (AvgIpc) is 3.57. The van der Waals surface area contributed by atoms with Gasteiger partial charge in [0.2, 0.25) is 0 Å². The molecular weight excluding hydrogens is 717 g/mol. The molecule has 2 aliphatic heterocycles. The van der Waals surface area contributed by atoms with Crippen molar-refractivity contribution in [1.82, 2.24) is 9.80 Å². The van der Waals surface area contributed by atoms with E-state index in [9.17, 15) is 14.4 Å². The molecule has 9 nitrogen and oxygen atoms in total. The molecule has 0 N–H and O–H groups in total. The molecule has 9 heteroatoms.